The minimum Gasteiger partial charge on any atom is -0.454 e. The second kappa shape index (κ2) is 6.98. The Labute approximate surface area is 129 Å². The molecule has 1 aromatic rings. The van der Waals surface area contributed by atoms with Gasteiger partial charge in [-0.3, -0.25) is 4.79 Å². The molecule has 6 heteroatoms. The molecular formula is C16H19NO5. The summed E-state index contributed by atoms with van der Waals surface area (Å²) in [7, 11) is 0. The summed E-state index contributed by atoms with van der Waals surface area (Å²) in [5, 5.41) is 2.72. The lowest BCUT2D eigenvalue weighted by Gasteiger charge is -2.12. The summed E-state index contributed by atoms with van der Waals surface area (Å²) >= 11 is 0. The zero-order chi connectivity index (χ0) is 16.1. The smallest absolute Gasteiger partial charge is 0.331 e. The first-order chi connectivity index (χ1) is 10.5. The summed E-state index contributed by atoms with van der Waals surface area (Å²) in [6.07, 6.45) is 0.499. The van der Waals surface area contributed by atoms with Crippen LogP contribution in [0.4, 0.5) is 0 Å². The number of esters is 1. The molecule has 0 bridgehead atoms. The SMILES string of the molecule is CC(C)=CC(=O)O[C@@H](C)C(=O)NCc1ccc2c(c1)OCO2. The molecule has 118 valence electrons. The van der Waals surface area contributed by atoms with Gasteiger partial charge in [0.15, 0.2) is 17.6 Å². The average Bonchev–Trinajstić information content (AvgIpc) is 2.91. The van der Waals surface area contributed by atoms with Gasteiger partial charge in [0.05, 0.1) is 0 Å². The van der Waals surface area contributed by atoms with Gasteiger partial charge < -0.3 is 19.5 Å². The van der Waals surface area contributed by atoms with Crippen LogP contribution in [-0.2, 0) is 20.9 Å². The van der Waals surface area contributed by atoms with E-state index in [9.17, 15) is 9.59 Å². The Morgan fingerprint density at radius 1 is 1.32 bits per heavy atom. The Bertz CT molecular complexity index is 605. The van der Waals surface area contributed by atoms with Crippen molar-refractivity contribution >= 4 is 11.9 Å². The van der Waals surface area contributed by atoms with E-state index in [0.717, 1.165) is 11.1 Å². The van der Waals surface area contributed by atoms with Crippen LogP contribution in [0.5, 0.6) is 11.5 Å². The van der Waals surface area contributed by atoms with Crippen LogP contribution in [0.15, 0.2) is 29.8 Å². The van der Waals surface area contributed by atoms with Crippen LogP contribution >= 0.6 is 0 Å². The third-order valence-corrected chi connectivity index (χ3v) is 2.97. The van der Waals surface area contributed by atoms with E-state index in [-0.39, 0.29) is 12.7 Å². The number of fused-ring (bicyclic) bond motifs is 1. The number of carbonyl (C=O) groups is 2. The van der Waals surface area contributed by atoms with E-state index in [0.29, 0.717) is 18.0 Å². The standard InChI is InChI=1S/C16H19NO5/c1-10(2)6-15(18)22-11(3)16(19)17-8-12-4-5-13-14(7-12)21-9-20-13/h4-7,11H,8-9H2,1-3H3,(H,17,19)/t11-/m0/s1. The highest BCUT2D eigenvalue weighted by molar-refractivity contribution is 5.87. The fourth-order valence-corrected chi connectivity index (χ4v) is 1.88. The van der Waals surface area contributed by atoms with Crippen LogP contribution in [0.25, 0.3) is 0 Å². The van der Waals surface area contributed by atoms with E-state index < -0.39 is 12.1 Å². The molecule has 1 N–H and O–H groups in total. The molecule has 0 saturated carbocycles. The quantitative estimate of drug-likeness (QED) is 0.664. The van der Waals surface area contributed by atoms with Crippen LogP contribution in [0, 0.1) is 0 Å². The molecule has 1 aliphatic heterocycles. The van der Waals surface area contributed by atoms with Gasteiger partial charge in [-0.05, 0) is 38.5 Å². The number of benzene rings is 1. The van der Waals surface area contributed by atoms with E-state index >= 15 is 0 Å². The Morgan fingerprint density at radius 2 is 2.05 bits per heavy atom. The molecule has 0 aromatic heterocycles. The molecule has 0 aliphatic carbocycles. The maximum atomic E-state index is 11.9. The normalized spacial score (nSPS) is 13.2. The topological polar surface area (TPSA) is 73.9 Å². The van der Waals surface area contributed by atoms with Gasteiger partial charge in [-0.2, -0.15) is 0 Å². The second-order valence-electron chi connectivity index (χ2n) is 5.21. The van der Waals surface area contributed by atoms with Crippen LogP contribution in [0.1, 0.15) is 26.3 Å². The lowest BCUT2D eigenvalue weighted by molar-refractivity contribution is -0.150. The minimum absolute atomic E-state index is 0.211. The lowest BCUT2D eigenvalue weighted by Crippen LogP contribution is -2.35. The van der Waals surface area contributed by atoms with Crippen molar-refractivity contribution in [2.75, 3.05) is 6.79 Å². The van der Waals surface area contributed by atoms with Gasteiger partial charge >= 0.3 is 5.97 Å². The molecule has 0 unspecified atom stereocenters. The van der Waals surface area contributed by atoms with Gasteiger partial charge in [0, 0.05) is 12.6 Å². The summed E-state index contributed by atoms with van der Waals surface area (Å²) < 4.78 is 15.5. The molecule has 0 spiro atoms. The van der Waals surface area contributed by atoms with Gasteiger partial charge in [-0.25, -0.2) is 4.79 Å². The Balaban J connectivity index is 1.84. The Hall–Kier alpha value is -2.50. The predicted molar refractivity (Wildman–Crippen MR) is 79.4 cm³/mol. The fourth-order valence-electron chi connectivity index (χ4n) is 1.88. The van der Waals surface area contributed by atoms with Gasteiger partial charge in [-0.15, -0.1) is 0 Å². The number of ether oxygens (including phenoxy) is 3. The number of rotatable bonds is 5. The Morgan fingerprint density at radius 3 is 2.77 bits per heavy atom. The number of allylic oxidation sites excluding steroid dienone is 1. The third-order valence-electron chi connectivity index (χ3n) is 2.97. The van der Waals surface area contributed by atoms with Crippen molar-refractivity contribution in [2.45, 2.75) is 33.4 Å². The number of carbonyl (C=O) groups excluding carboxylic acids is 2. The van der Waals surface area contributed by atoms with E-state index in [1.807, 2.05) is 12.1 Å². The first kappa shape index (κ1) is 15.9. The van der Waals surface area contributed by atoms with Gasteiger partial charge in [0.25, 0.3) is 5.91 Å². The fraction of sp³-hybridized carbons (Fsp3) is 0.375. The Kier molecular flexibility index (Phi) is 5.04. The zero-order valence-corrected chi connectivity index (χ0v) is 12.8. The first-order valence-corrected chi connectivity index (χ1v) is 6.97. The molecule has 0 radical (unpaired) electrons. The molecule has 2 rings (SSSR count). The number of amides is 1. The zero-order valence-electron chi connectivity index (χ0n) is 12.8. The van der Waals surface area contributed by atoms with E-state index in [4.69, 9.17) is 14.2 Å². The molecule has 6 nitrogen and oxygen atoms in total. The van der Waals surface area contributed by atoms with Crippen LogP contribution < -0.4 is 14.8 Å². The van der Waals surface area contributed by atoms with E-state index in [1.165, 1.54) is 13.0 Å². The summed E-state index contributed by atoms with van der Waals surface area (Å²) in [4.78, 5) is 23.4. The molecule has 0 saturated heterocycles. The van der Waals surface area contributed by atoms with Gasteiger partial charge in [-0.1, -0.05) is 11.6 Å². The number of hydrogen-bond acceptors (Lipinski definition) is 5. The average molecular weight is 305 g/mol. The highest BCUT2D eigenvalue weighted by Gasteiger charge is 2.17. The molecule has 1 amide bonds. The highest BCUT2D eigenvalue weighted by Crippen LogP contribution is 2.32. The summed E-state index contributed by atoms with van der Waals surface area (Å²) in [6, 6.07) is 5.44. The summed E-state index contributed by atoms with van der Waals surface area (Å²) in [5.74, 6) is 0.479. The van der Waals surface area contributed by atoms with Crippen molar-refractivity contribution < 1.29 is 23.8 Å². The first-order valence-electron chi connectivity index (χ1n) is 6.97. The van der Waals surface area contributed by atoms with E-state index in [1.54, 1.807) is 19.9 Å². The summed E-state index contributed by atoms with van der Waals surface area (Å²) in [6.45, 7) is 5.63. The molecule has 1 aromatic carbocycles. The summed E-state index contributed by atoms with van der Waals surface area (Å²) in [5.41, 5.74) is 1.69. The van der Waals surface area contributed by atoms with Crippen LogP contribution in [0.2, 0.25) is 0 Å². The van der Waals surface area contributed by atoms with Crippen molar-refractivity contribution in [3.8, 4) is 11.5 Å². The van der Waals surface area contributed by atoms with Gasteiger partial charge in [0.1, 0.15) is 0 Å². The number of nitrogens with one attached hydrogen (secondary N) is 1. The van der Waals surface area contributed by atoms with Crippen molar-refractivity contribution in [3.63, 3.8) is 0 Å². The van der Waals surface area contributed by atoms with Crippen molar-refractivity contribution in [1.29, 1.82) is 0 Å². The lowest BCUT2D eigenvalue weighted by atomic mass is 10.2. The maximum absolute atomic E-state index is 11.9. The minimum atomic E-state index is -0.850. The van der Waals surface area contributed by atoms with Crippen molar-refractivity contribution in [3.05, 3.63) is 35.4 Å². The molecule has 1 atom stereocenters. The van der Waals surface area contributed by atoms with Crippen molar-refractivity contribution in [2.24, 2.45) is 0 Å². The largest absolute Gasteiger partial charge is 0.454 e. The predicted octanol–water partition coefficient (Wildman–Crippen LogP) is 1.93. The van der Waals surface area contributed by atoms with E-state index in [2.05, 4.69) is 5.32 Å². The third kappa shape index (κ3) is 4.25. The number of hydrogen-bond donors (Lipinski definition) is 1. The monoisotopic (exact) mass is 305 g/mol. The molecule has 1 aliphatic rings. The molecule has 1 heterocycles. The van der Waals surface area contributed by atoms with Gasteiger partial charge in [0.2, 0.25) is 6.79 Å². The van der Waals surface area contributed by atoms with Crippen molar-refractivity contribution in [1.82, 2.24) is 5.32 Å². The van der Waals surface area contributed by atoms with Crippen LogP contribution in [0.3, 0.4) is 0 Å². The molecular weight excluding hydrogens is 286 g/mol. The second-order valence-corrected chi connectivity index (χ2v) is 5.21. The molecule has 0 fully saturated rings. The molecule has 22 heavy (non-hydrogen) atoms. The maximum Gasteiger partial charge on any atom is 0.331 e. The highest BCUT2D eigenvalue weighted by atomic mass is 16.7. The van der Waals surface area contributed by atoms with Crippen LogP contribution in [-0.4, -0.2) is 24.8 Å².